The van der Waals surface area contributed by atoms with Crippen molar-refractivity contribution in [1.82, 2.24) is 5.32 Å². The van der Waals surface area contributed by atoms with Crippen LogP contribution in [-0.4, -0.2) is 25.0 Å². The number of nitrogens with one attached hydrogen (secondary N) is 2. The number of ether oxygens (including phenoxy) is 1. The third kappa shape index (κ3) is 5.88. The van der Waals surface area contributed by atoms with Crippen LogP contribution in [0.25, 0.3) is 0 Å². The van der Waals surface area contributed by atoms with E-state index in [-0.39, 0.29) is 11.8 Å². The lowest BCUT2D eigenvalue weighted by Crippen LogP contribution is -2.26. The highest BCUT2D eigenvalue weighted by molar-refractivity contribution is 9.10. The van der Waals surface area contributed by atoms with Crippen LogP contribution in [0.2, 0.25) is 0 Å². The van der Waals surface area contributed by atoms with Crippen molar-refractivity contribution in [3.05, 3.63) is 58.1 Å². The summed E-state index contributed by atoms with van der Waals surface area (Å²) in [4.78, 5) is 24.3. The molecule has 0 spiro atoms. The van der Waals surface area contributed by atoms with Gasteiger partial charge in [0.15, 0.2) is 0 Å². The van der Waals surface area contributed by atoms with Gasteiger partial charge in [0.1, 0.15) is 5.75 Å². The minimum absolute atomic E-state index is 0.0700. The van der Waals surface area contributed by atoms with Crippen LogP contribution >= 0.6 is 15.9 Å². The van der Waals surface area contributed by atoms with E-state index < -0.39 is 0 Å². The second kappa shape index (κ2) is 9.97. The highest BCUT2D eigenvalue weighted by atomic mass is 79.9. The molecule has 2 aromatic carbocycles. The third-order valence-corrected chi connectivity index (χ3v) is 4.25. The Kier molecular flexibility index (Phi) is 7.66. The van der Waals surface area contributed by atoms with E-state index in [0.717, 1.165) is 15.7 Å². The summed E-state index contributed by atoms with van der Waals surface area (Å²) in [6.07, 6.45) is 0.896. The van der Waals surface area contributed by atoms with Gasteiger partial charge in [0.05, 0.1) is 12.2 Å². The Hall–Kier alpha value is -2.34. The van der Waals surface area contributed by atoms with Gasteiger partial charge in [-0.25, -0.2) is 0 Å². The van der Waals surface area contributed by atoms with Crippen molar-refractivity contribution in [3.8, 4) is 5.75 Å². The second-order valence-electron chi connectivity index (χ2n) is 5.80. The van der Waals surface area contributed by atoms with E-state index in [1.807, 2.05) is 38.1 Å². The molecule has 0 aliphatic rings. The molecule has 0 atom stereocenters. The quantitative estimate of drug-likeness (QED) is 0.627. The number of rotatable bonds is 8. The van der Waals surface area contributed by atoms with Crippen molar-refractivity contribution in [2.24, 2.45) is 0 Å². The molecule has 138 valence electrons. The molecule has 26 heavy (non-hydrogen) atoms. The zero-order valence-electron chi connectivity index (χ0n) is 15.0. The molecule has 2 rings (SSSR count). The zero-order valence-corrected chi connectivity index (χ0v) is 16.6. The largest absolute Gasteiger partial charge is 0.493 e. The Labute approximate surface area is 162 Å². The highest BCUT2D eigenvalue weighted by Gasteiger charge is 2.11. The Bertz CT molecular complexity index is 777. The number of halogens is 1. The number of anilines is 1. The molecule has 2 N–H and O–H groups in total. The summed E-state index contributed by atoms with van der Waals surface area (Å²) in [5.74, 6) is 0.300. The number of carbonyl (C=O) groups is 2. The fraction of sp³-hybridized carbons (Fsp3) is 0.300. The molecule has 0 saturated carbocycles. The molecule has 0 fully saturated rings. The predicted molar refractivity (Wildman–Crippen MR) is 107 cm³/mol. The summed E-state index contributed by atoms with van der Waals surface area (Å²) in [6, 6.07) is 12.8. The molecule has 0 saturated heterocycles. The first-order valence-corrected chi connectivity index (χ1v) is 9.36. The molecule has 2 amide bonds. The molecule has 0 aromatic heterocycles. The number of para-hydroxylation sites is 1. The SMILES string of the molecule is CCOc1ccccc1C(=O)NCCCC(=O)Nc1ccc(Br)cc1C. The van der Waals surface area contributed by atoms with Crippen LogP contribution in [-0.2, 0) is 4.79 Å². The van der Waals surface area contributed by atoms with Gasteiger partial charge in [-0.1, -0.05) is 28.1 Å². The smallest absolute Gasteiger partial charge is 0.255 e. The van der Waals surface area contributed by atoms with Gasteiger partial charge in [-0.3, -0.25) is 9.59 Å². The van der Waals surface area contributed by atoms with Gasteiger partial charge >= 0.3 is 0 Å². The molecular weight excluding hydrogens is 396 g/mol. The van der Waals surface area contributed by atoms with Gasteiger partial charge in [-0.15, -0.1) is 0 Å². The Balaban J connectivity index is 1.78. The van der Waals surface area contributed by atoms with Gasteiger partial charge in [-0.2, -0.15) is 0 Å². The topological polar surface area (TPSA) is 67.4 Å². The van der Waals surface area contributed by atoms with E-state index in [2.05, 4.69) is 26.6 Å². The minimum atomic E-state index is -0.196. The monoisotopic (exact) mass is 418 g/mol. The second-order valence-corrected chi connectivity index (χ2v) is 6.71. The van der Waals surface area contributed by atoms with Gasteiger partial charge < -0.3 is 15.4 Å². The average Bonchev–Trinajstić information content (AvgIpc) is 2.62. The summed E-state index contributed by atoms with van der Waals surface area (Å²) in [6.45, 7) is 4.74. The lowest BCUT2D eigenvalue weighted by atomic mass is 10.1. The number of hydrogen-bond donors (Lipinski definition) is 2. The normalized spacial score (nSPS) is 10.3. The lowest BCUT2D eigenvalue weighted by Gasteiger charge is -2.11. The Morgan fingerprint density at radius 3 is 2.65 bits per heavy atom. The Morgan fingerprint density at radius 2 is 1.92 bits per heavy atom. The van der Waals surface area contributed by atoms with Crippen molar-refractivity contribution in [3.63, 3.8) is 0 Å². The summed E-state index contributed by atoms with van der Waals surface area (Å²) in [5, 5.41) is 5.72. The van der Waals surface area contributed by atoms with Crippen LogP contribution in [0.15, 0.2) is 46.9 Å². The predicted octanol–water partition coefficient (Wildman–Crippen LogP) is 4.30. The fourth-order valence-electron chi connectivity index (χ4n) is 2.46. The summed E-state index contributed by atoms with van der Waals surface area (Å²) in [7, 11) is 0. The number of carbonyl (C=O) groups excluding carboxylic acids is 2. The van der Waals surface area contributed by atoms with Gasteiger partial charge in [-0.05, 0) is 56.2 Å². The highest BCUT2D eigenvalue weighted by Crippen LogP contribution is 2.20. The fourth-order valence-corrected chi connectivity index (χ4v) is 2.94. The lowest BCUT2D eigenvalue weighted by molar-refractivity contribution is -0.116. The van der Waals surface area contributed by atoms with Crippen molar-refractivity contribution < 1.29 is 14.3 Å². The number of amides is 2. The van der Waals surface area contributed by atoms with Crippen LogP contribution in [0.4, 0.5) is 5.69 Å². The van der Waals surface area contributed by atoms with E-state index >= 15 is 0 Å². The maximum Gasteiger partial charge on any atom is 0.255 e. The van der Waals surface area contributed by atoms with Crippen molar-refractivity contribution in [2.45, 2.75) is 26.7 Å². The number of hydrogen-bond acceptors (Lipinski definition) is 3. The average molecular weight is 419 g/mol. The van der Waals surface area contributed by atoms with Crippen LogP contribution in [0.3, 0.4) is 0 Å². The van der Waals surface area contributed by atoms with E-state index in [9.17, 15) is 9.59 Å². The maximum atomic E-state index is 12.3. The molecule has 2 aromatic rings. The molecular formula is C20H23BrN2O3. The van der Waals surface area contributed by atoms with E-state index in [4.69, 9.17) is 4.74 Å². The van der Waals surface area contributed by atoms with E-state index in [1.54, 1.807) is 18.2 Å². The van der Waals surface area contributed by atoms with Crippen LogP contribution in [0.1, 0.15) is 35.7 Å². The first-order chi connectivity index (χ1) is 12.5. The molecule has 0 aliphatic heterocycles. The molecule has 0 unspecified atom stereocenters. The molecule has 0 radical (unpaired) electrons. The summed E-state index contributed by atoms with van der Waals surface area (Å²) in [5.41, 5.74) is 2.30. The minimum Gasteiger partial charge on any atom is -0.493 e. The third-order valence-electron chi connectivity index (χ3n) is 3.76. The molecule has 5 nitrogen and oxygen atoms in total. The van der Waals surface area contributed by atoms with Gasteiger partial charge in [0, 0.05) is 23.1 Å². The Morgan fingerprint density at radius 1 is 1.15 bits per heavy atom. The van der Waals surface area contributed by atoms with Crippen molar-refractivity contribution in [1.29, 1.82) is 0 Å². The maximum absolute atomic E-state index is 12.3. The number of benzene rings is 2. The first-order valence-electron chi connectivity index (χ1n) is 8.57. The van der Waals surface area contributed by atoms with Gasteiger partial charge in [0.25, 0.3) is 5.91 Å². The van der Waals surface area contributed by atoms with Crippen LogP contribution in [0, 0.1) is 6.92 Å². The van der Waals surface area contributed by atoms with E-state index in [0.29, 0.717) is 37.3 Å². The molecule has 6 heteroatoms. The molecule has 0 aliphatic carbocycles. The molecule has 0 heterocycles. The van der Waals surface area contributed by atoms with Crippen molar-refractivity contribution >= 4 is 33.4 Å². The van der Waals surface area contributed by atoms with Crippen LogP contribution < -0.4 is 15.4 Å². The first kappa shape index (κ1) is 20.0. The standard InChI is InChI=1S/C20H23BrN2O3/c1-3-26-18-8-5-4-7-16(18)20(25)22-12-6-9-19(24)23-17-11-10-15(21)13-14(17)2/h4-5,7-8,10-11,13H,3,6,9,12H2,1-2H3,(H,22,25)(H,23,24). The van der Waals surface area contributed by atoms with Crippen LogP contribution in [0.5, 0.6) is 5.75 Å². The number of aryl methyl sites for hydroxylation is 1. The van der Waals surface area contributed by atoms with Crippen molar-refractivity contribution in [2.75, 3.05) is 18.5 Å². The summed E-state index contributed by atoms with van der Waals surface area (Å²) < 4.78 is 6.44. The summed E-state index contributed by atoms with van der Waals surface area (Å²) >= 11 is 3.40. The van der Waals surface area contributed by atoms with E-state index in [1.165, 1.54) is 0 Å². The molecule has 0 bridgehead atoms. The van der Waals surface area contributed by atoms with Gasteiger partial charge in [0.2, 0.25) is 5.91 Å². The zero-order chi connectivity index (χ0) is 18.9.